The summed E-state index contributed by atoms with van der Waals surface area (Å²) in [6, 6.07) is 18.1. The smallest absolute Gasteiger partial charge is 0.271 e. The molecule has 0 spiro atoms. The topological polar surface area (TPSA) is 138 Å². The van der Waals surface area contributed by atoms with Crippen LogP contribution < -0.4 is 21.8 Å². The van der Waals surface area contributed by atoms with Crippen LogP contribution in [0.2, 0.25) is 0 Å². The van der Waals surface area contributed by atoms with Crippen molar-refractivity contribution in [3.05, 3.63) is 124 Å². The number of anilines is 4. The molecule has 0 atom stereocenters. The molecule has 2 aromatic carbocycles. The molecule has 0 aliphatic rings. The molecule has 0 saturated heterocycles. The van der Waals surface area contributed by atoms with Crippen LogP contribution in [0.5, 0.6) is 0 Å². The van der Waals surface area contributed by atoms with Gasteiger partial charge in [-0.2, -0.15) is 10.2 Å². The molecule has 0 fully saturated rings. The standard InChI is InChI=1S/C19H17N5O.C14H14N4O.C2H6/c1-12-18(11-22-24(2)19(12)25)23-17-8-13-5-7-21-16(13)9-15(17)14-4-3-6-20-10-14;1-9-12(8-16-18(2)14(9)19)17-11-5-3-4-10-6-7-15-13(10)11;1-2/h3-11,21,23H,1-2H3;3-8,15,17H,1-2H3;1-2H3. The van der Waals surface area contributed by atoms with Crippen LogP contribution in [0.3, 0.4) is 0 Å². The van der Waals surface area contributed by atoms with Crippen molar-refractivity contribution in [2.45, 2.75) is 27.7 Å². The molecule has 0 radical (unpaired) electrons. The van der Waals surface area contributed by atoms with E-state index in [2.05, 4.69) is 47.9 Å². The number of aromatic amines is 2. The van der Waals surface area contributed by atoms with Gasteiger partial charge in [0, 0.05) is 83.1 Å². The molecule has 5 aromatic heterocycles. The van der Waals surface area contributed by atoms with Gasteiger partial charge in [-0.1, -0.05) is 32.0 Å². The third kappa shape index (κ3) is 6.43. The lowest BCUT2D eigenvalue weighted by atomic mass is 10.0. The van der Waals surface area contributed by atoms with Crippen molar-refractivity contribution in [3.63, 3.8) is 0 Å². The summed E-state index contributed by atoms with van der Waals surface area (Å²) < 4.78 is 2.66. The number of H-pyrrole nitrogens is 2. The molecule has 11 heteroatoms. The number of pyridine rings is 1. The van der Waals surface area contributed by atoms with Crippen LogP contribution in [-0.4, -0.2) is 34.5 Å². The van der Waals surface area contributed by atoms with Gasteiger partial charge in [-0.3, -0.25) is 14.6 Å². The van der Waals surface area contributed by atoms with Crippen molar-refractivity contribution in [2.24, 2.45) is 14.1 Å². The second kappa shape index (κ2) is 13.8. The van der Waals surface area contributed by atoms with Crippen LogP contribution >= 0.6 is 0 Å². The Balaban J connectivity index is 0.000000178. The van der Waals surface area contributed by atoms with E-state index in [9.17, 15) is 9.59 Å². The maximum atomic E-state index is 12.2. The van der Waals surface area contributed by atoms with Gasteiger partial charge in [0.05, 0.1) is 35.0 Å². The van der Waals surface area contributed by atoms with E-state index < -0.39 is 0 Å². The van der Waals surface area contributed by atoms with Crippen LogP contribution in [-0.2, 0) is 14.1 Å². The molecule has 4 N–H and O–H groups in total. The van der Waals surface area contributed by atoms with Crippen molar-refractivity contribution < 1.29 is 0 Å². The monoisotopic (exact) mass is 615 g/mol. The van der Waals surface area contributed by atoms with Crippen molar-refractivity contribution in [2.75, 3.05) is 10.6 Å². The van der Waals surface area contributed by atoms with Crippen molar-refractivity contribution in [1.29, 1.82) is 0 Å². The Morgan fingerprint density at radius 2 is 1.30 bits per heavy atom. The maximum absolute atomic E-state index is 12.2. The lowest BCUT2D eigenvalue weighted by Crippen LogP contribution is -2.22. The minimum atomic E-state index is -0.115. The van der Waals surface area contributed by atoms with Crippen LogP contribution in [0.15, 0.2) is 101 Å². The first-order valence-electron chi connectivity index (χ1n) is 15.0. The highest BCUT2D eigenvalue weighted by molar-refractivity contribution is 5.94. The highest BCUT2D eigenvalue weighted by Gasteiger charge is 2.12. The Morgan fingerprint density at radius 1 is 0.674 bits per heavy atom. The quantitative estimate of drug-likeness (QED) is 0.169. The van der Waals surface area contributed by atoms with E-state index in [1.165, 1.54) is 9.36 Å². The summed E-state index contributed by atoms with van der Waals surface area (Å²) in [7, 11) is 3.29. The zero-order chi connectivity index (χ0) is 32.8. The first-order chi connectivity index (χ1) is 22.3. The highest BCUT2D eigenvalue weighted by atomic mass is 16.1. The zero-order valence-corrected chi connectivity index (χ0v) is 26.7. The number of hydrogen-bond donors (Lipinski definition) is 4. The Hall–Kier alpha value is -5.97. The van der Waals surface area contributed by atoms with E-state index >= 15 is 0 Å². The first-order valence-corrected chi connectivity index (χ1v) is 15.0. The Morgan fingerprint density at radius 3 is 1.96 bits per heavy atom. The van der Waals surface area contributed by atoms with Gasteiger partial charge < -0.3 is 20.6 Å². The predicted molar refractivity (Wildman–Crippen MR) is 186 cm³/mol. The van der Waals surface area contributed by atoms with E-state index in [0.717, 1.165) is 50.0 Å². The SMILES string of the molecule is CC.Cc1c(Nc2cc3cc[nH]c3cc2-c2cccnc2)cnn(C)c1=O.Cc1c(Nc2cccc3cc[nH]c23)cnn(C)c1=O. The normalized spacial score (nSPS) is 10.6. The molecule has 7 rings (SSSR count). The molecule has 234 valence electrons. The number of aryl methyl sites for hydroxylation is 2. The molecule has 46 heavy (non-hydrogen) atoms. The molecule has 0 aliphatic carbocycles. The molecule has 0 aliphatic heterocycles. The molecule has 11 nitrogen and oxygen atoms in total. The van der Waals surface area contributed by atoms with Crippen molar-refractivity contribution >= 4 is 44.6 Å². The first kappa shape index (κ1) is 31.5. The molecular formula is C35H37N9O2. The summed E-state index contributed by atoms with van der Waals surface area (Å²) in [5.74, 6) is 0. The second-order valence-electron chi connectivity index (χ2n) is 10.4. The summed E-state index contributed by atoms with van der Waals surface area (Å²) in [6.07, 6.45) is 10.7. The van der Waals surface area contributed by atoms with E-state index in [-0.39, 0.29) is 11.1 Å². The number of rotatable bonds is 5. The molecule has 7 aromatic rings. The van der Waals surface area contributed by atoms with E-state index in [4.69, 9.17) is 0 Å². The van der Waals surface area contributed by atoms with Gasteiger partial charge in [-0.15, -0.1) is 0 Å². The summed E-state index contributed by atoms with van der Waals surface area (Å²) in [6.45, 7) is 7.59. The highest BCUT2D eigenvalue weighted by Crippen LogP contribution is 2.34. The van der Waals surface area contributed by atoms with Gasteiger partial charge in [-0.25, -0.2) is 9.36 Å². The van der Waals surface area contributed by atoms with Gasteiger partial charge in [-0.05, 0) is 50.2 Å². The van der Waals surface area contributed by atoms with Gasteiger partial charge in [0.25, 0.3) is 11.1 Å². The number of nitrogens with zero attached hydrogens (tertiary/aromatic N) is 5. The average molecular weight is 616 g/mol. The Labute approximate surface area is 266 Å². The number of nitrogens with one attached hydrogen (secondary N) is 4. The van der Waals surface area contributed by atoms with E-state index in [0.29, 0.717) is 16.8 Å². The van der Waals surface area contributed by atoms with E-state index in [1.54, 1.807) is 46.5 Å². The van der Waals surface area contributed by atoms with Crippen LogP contribution in [0.1, 0.15) is 25.0 Å². The number of hydrogen-bond acceptors (Lipinski definition) is 7. The third-order valence-corrected chi connectivity index (χ3v) is 7.55. The molecule has 0 amide bonds. The molecule has 5 heterocycles. The van der Waals surface area contributed by atoms with Gasteiger partial charge in [0.15, 0.2) is 0 Å². The molecule has 0 bridgehead atoms. The fourth-order valence-corrected chi connectivity index (χ4v) is 5.00. The van der Waals surface area contributed by atoms with Crippen molar-refractivity contribution in [3.8, 4) is 11.1 Å². The third-order valence-electron chi connectivity index (χ3n) is 7.55. The molecule has 0 saturated carbocycles. The molecule has 0 unspecified atom stereocenters. The summed E-state index contributed by atoms with van der Waals surface area (Å²) in [5.41, 5.74) is 8.39. The predicted octanol–water partition coefficient (Wildman–Crippen LogP) is 6.72. The minimum Gasteiger partial charge on any atom is -0.361 e. The number of para-hydroxylation sites is 1. The van der Waals surface area contributed by atoms with Gasteiger partial charge >= 0.3 is 0 Å². The largest absolute Gasteiger partial charge is 0.361 e. The summed E-state index contributed by atoms with van der Waals surface area (Å²) >= 11 is 0. The minimum absolute atomic E-state index is 0.0938. The van der Waals surface area contributed by atoms with Gasteiger partial charge in [0.2, 0.25) is 0 Å². The van der Waals surface area contributed by atoms with Crippen LogP contribution in [0.4, 0.5) is 22.7 Å². The Bertz CT molecular complexity index is 2230. The van der Waals surface area contributed by atoms with Gasteiger partial charge in [0.1, 0.15) is 0 Å². The lowest BCUT2D eigenvalue weighted by molar-refractivity contribution is 0.702. The number of fused-ring (bicyclic) bond motifs is 2. The summed E-state index contributed by atoms with van der Waals surface area (Å²) in [4.78, 5) is 34.6. The fourth-order valence-electron chi connectivity index (χ4n) is 5.00. The number of benzene rings is 2. The second-order valence-corrected chi connectivity index (χ2v) is 10.4. The lowest BCUT2D eigenvalue weighted by Gasteiger charge is -2.14. The number of aromatic nitrogens is 7. The zero-order valence-electron chi connectivity index (χ0n) is 26.7. The molecular weight excluding hydrogens is 578 g/mol. The fraction of sp³-hybridized carbons (Fsp3) is 0.171. The van der Waals surface area contributed by atoms with E-state index in [1.807, 2.05) is 74.9 Å². The van der Waals surface area contributed by atoms with Crippen LogP contribution in [0, 0.1) is 13.8 Å². The van der Waals surface area contributed by atoms with Crippen molar-refractivity contribution in [1.82, 2.24) is 34.5 Å². The Kier molecular flexibility index (Phi) is 9.41. The van der Waals surface area contributed by atoms with Crippen LogP contribution in [0.25, 0.3) is 32.9 Å². The maximum Gasteiger partial charge on any atom is 0.271 e. The average Bonchev–Trinajstić information content (AvgIpc) is 3.77. The summed E-state index contributed by atoms with van der Waals surface area (Å²) in [5, 5.41) is 17.0.